The highest BCUT2D eigenvalue weighted by molar-refractivity contribution is 7.92. The minimum Gasteiger partial charge on any atom is -0.322 e. The number of carbonyl (C=O) groups excluding carboxylic acids is 1. The maximum absolute atomic E-state index is 13.1. The van der Waals surface area contributed by atoms with Crippen molar-refractivity contribution in [2.24, 2.45) is 0 Å². The van der Waals surface area contributed by atoms with E-state index in [1.807, 2.05) is 50.2 Å². The van der Waals surface area contributed by atoms with Crippen LogP contribution >= 0.6 is 0 Å². The summed E-state index contributed by atoms with van der Waals surface area (Å²) in [4.78, 5) is 13.2. The number of aromatic nitrogens is 2. The van der Waals surface area contributed by atoms with E-state index in [1.54, 1.807) is 48.9 Å². The fourth-order valence-corrected chi connectivity index (χ4v) is 5.19. The highest BCUT2D eigenvalue weighted by Gasteiger charge is 2.22. The van der Waals surface area contributed by atoms with E-state index in [9.17, 15) is 13.2 Å². The lowest BCUT2D eigenvalue weighted by atomic mass is 10.1. The van der Waals surface area contributed by atoms with Crippen molar-refractivity contribution < 1.29 is 13.2 Å². The van der Waals surface area contributed by atoms with E-state index in [0.717, 1.165) is 11.3 Å². The number of sulfonamides is 1. The zero-order valence-electron chi connectivity index (χ0n) is 19.5. The molecule has 0 unspecified atom stereocenters. The largest absolute Gasteiger partial charge is 0.322 e. The Morgan fingerprint density at radius 2 is 1.59 bits per heavy atom. The Hall–Kier alpha value is -3.91. The normalized spacial score (nSPS) is 11.3. The molecule has 34 heavy (non-hydrogen) atoms. The molecule has 0 aliphatic heterocycles. The SMILES string of the molecule is Cc1cccc(NS(=O)(=O)c2cc(NC(=O)c3c(C)nn(-c4ccccc4)c3C)ccc2C)c1. The molecule has 0 atom stereocenters. The quantitative estimate of drug-likeness (QED) is 0.404. The Kier molecular flexibility index (Phi) is 6.26. The van der Waals surface area contributed by atoms with Crippen molar-refractivity contribution in [3.63, 3.8) is 0 Å². The topological polar surface area (TPSA) is 93.1 Å². The monoisotopic (exact) mass is 474 g/mol. The molecular formula is C26H26N4O3S. The van der Waals surface area contributed by atoms with Gasteiger partial charge in [-0.15, -0.1) is 0 Å². The lowest BCUT2D eigenvalue weighted by Gasteiger charge is -2.13. The van der Waals surface area contributed by atoms with E-state index in [1.165, 1.54) is 6.07 Å². The summed E-state index contributed by atoms with van der Waals surface area (Å²) in [5.41, 5.74) is 4.96. The molecule has 0 aliphatic rings. The zero-order chi connectivity index (χ0) is 24.5. The molecule has 0 saturated heterocycles. The minimum atomic E-state index is -3.85. The Morgan fingerprint density at radius 1 is 0.853 bits per heavy atom. The van der Waals surface area contributed by atoms with Gasteiger partial charge < -0.3 is 5.32 Å². The standard InChI is InChI=1S/C26H26N4O3S/c1-17-9-8-10-22(15-17)29-34(32,33)24-16-21(14-13-18(24)2)27-26(31)25-19(3)28-30(20(25)4)23-11-6-5-7-12-23/h5-16,29H,1-4H3,(H,27,31). The summed E-state index contributed by atoms with van der Waals surface area (Å²) < 4.78 is 30.5. The van der Waals surface area contributed by atoms with Gasteiger partial charge in [-0.1, -0.05) is 36.4 Å². The van der Waals surface area contributed by atoms with Crippen LogP contribution < -0.4 is 10.0 Å². The number of benzene rings is 3. The summed E-state index contributed by atoms with van der Waals surface area (Å²) in [5.74, 6) is -0.351. The molecule has 0 saturated carbocycles. The summed E-state index contributed by atoms with van der Waals surface area (Å²) in [7, 11) is -3.85. The van der Waals surface area contributed by atoms with Crippen LogP contribution in [-0.2, 0) is 10.0 Å². The van der Waals surface area contributed by atoms with Crippen molar-refractivity contribution in [3.8, 4) is 5.69 Å². The third-order valence-corrected chi connectivity index (χ3v) is 7.05. The van der Waals surface area contributed by atoms with Crippen LogP contribution in [0.1, 0.15) is 32.9 Å². The number of nitrogens with one attached hydrogen (secondary N) is 2. The summed E-state index contributed by atoms with van der Waals surface area (Å²) in [6, 6.07) is 21.5. The molecule has 7 nitrogen and oxygen atoms in total. The zero-order valence-corrected chi connectivity index (χ0v) is 20.3. The average Bonchev–Trinajstić information content (AvgIpc) is 3.09. The number of nitrogens with zero attached hydrogens (tertiary/aromatic N) is 2. The second-order valence-electron chi connectivity index (χ2n) is 8.20. The van der Waals surface area contributed by atoms with E-state index < -0.39 is 10.0 Å². The van der Waals surface area contributed by atoms with Gasteiger partial charge in [0.25, 0.3) is 15.9 Å². The van der Waals surface area contributed by atoms with Crippen LogP contribution in [0.3, 0.4) is 0 Å². The van der Waals surface area contributed by atoms with Gasteiger partial charge in [0.1, 0.15) is 0 Å². The van der Waals surface area contributed by atoms with E-state index in [2.05, 4.69) is 15.1 Å². The summed E-state index contributed by atoms with van der Waals surface area (Å²) in [6.45, 7) is 7.22. The molecule has 0 radical (unpaired) electrons. The number of rotatable bonds is 6. The molecule has 1 aromatic heterocycles. The van der Waals surface area contributed by atoms with Gasteiger partial charge in [0, 0.05) is 11.4 Å². The van der Waals surface area contributed by atoms with Crippen LogP contribution in [0.15, 0.2) is 77.7 Å². The predicted molar refractivity (Wildman–Crippen MR) is 134 cm³/mol. The molecule has 1 heterocycles. The number of amides is 1. The third kappa shape index (κ3) is 4.72. The predicted octanol–water partition coefficient (Wildman–Crippen LogP) is 5.16. The van der Waals surface area contributed by atoms with E-state index >= 15 is 0 Å². The van der Waals surface area contributed by atoms with Crippen LogP contribution in [0.5, 0.6) is 0 Å². The Balaban J connectivity index is 1.62. The first-order valence-electron chi connectivity index (χ1n) is 10.8. The Labute approximate surface area is 199 Å². The van der Waals surface area contributed by atoms with Gasteiger partial charge in [-0.2, -0.15) is 5.10 Å². The van der Waals surface area contributed by atoms with E-state index in [0.29, 0.717) is 33.9 Å². The van der Waals surface area contributed by atoms with Gasteiger partial charge in [0.2, 0.25) is 0 Å². The maximum atomic E-state index is 13.1. The average molecular weight is 475 g/mol. The van der Waals surface area contributed by atoms with Gasteiger partial charge in [0.05, 0.1) is 27.5 Å². The first-order valence-corrected chi connectivity index (χ1v) is 12.3. The van der Waals surface area contributed by atoms with Gasteiger partial charge in [-0.05, 0) is 75.2 Å². The number of carbonyl (C=O) groups is 1. The fraction of sp³-hybridized carbons (Fsp3) is 0.154. The van der Waals surface area contributed by atoms with Gasteiger partial charge in [-0.3, -0.25) is 9.52 Å². The van der Waals surface area contributed by atoms with Crippen molar-refractivity contribution in [1.29, 1.82) is 0 Å². The molecule has 0 spiro atoms. The highest BCUT2D eigenvalue weighted by atomic mass is 32.2. The van der Waals surface area contributed by atoms with Crippen LogP contribution in [0.4, 0.5) is 11.4 Å². The second kappa shape index (κ2) is 9.15. The molecule has 4 rings (SSSR count). The van der Waals surface area contributed by atoms with Crippen molar-refractivity contribution >= 4 is 27.3 Å². The number of para-hydroxylation sites is 1. The van der Waals surface area contributed by atoms with Crippen molar-refractivity contribution in [2.45, 2.75) is 32.6 Å². The second-order valence-corrected chi connectivity index (χ2v) is 9.85. The smallest absolute Gasteiger partial charge is 0.262 e. The van der Waals surface area contributed by atoms with Crippen LogP contribution in [0.25, 0.3) is 5.69 Å². The molecule has 174 valence electrons. The van der Waals surface area contributed by atoms with Crippen LogP contribution in [0.2, 0.25) is 0 Å². The van der Waals surface area contributed by atoms with E-state index in [4.69, 9.17) is 0 Å². The van der Waals surface area contributed by atoms with Gasteiger partial charge >= 0.3 is 0 Å². The fourth-order valence-electron chi connectivity index (χ4n) is 3.87. The summed E-state index contributed by atoms with van der Waals surface area (Å²) >= 11 is 0. The van der Waals surface area contributed by atoms with Crippen LogP contribution in [-0.4, -0.2) is 24.1 Å². The van der Waals surface area contributed by atoms with Crippen LogP contribution in [0, 0.1) is 27.7 Å². The molecular weight excluding hydrogens is 448 g/mol. The molecule has 0 fully saturated rings. The molecule has 2 N–H and O–H groups in total. The third-order valence-electron chi connectivity index (χ3n) is 5.52. The number of hydrogen-bond acceptors (Lipinski definition) is 4. The molecule has 1 amide bonds. The first kappa shape index (κ1) is 23.3. The molecule has 0 bridgehead atoms. The molecule has 3 aromatic carbocycles. The number of anilines is 2. The lowest BCUT2D eigenvalue weighted by Crippen LogP contribution is -2.17. The summed E-state index contributed by atoms with van der Waals surface area (Å²) in [6.07, 6.45) is 0. The lowest BCUT2D eigenvalue weighted by molar-refractivity contribution is 0.102. The molecule has 8 heteroatoms. The van der Waals surface area contributed by atoms with Gasteiger partial charge in [-0.25, -0.2) is 13.1 Å². The maximum Gasteiger partial charge on any atom is 0.262 e. The van der Waals surface area contributed by atoms with E-state index in [-0.39, 0.29) is 10.8 Å². The van der Waals surface area contributed by atoms with Crippen molar-refractivity contribution in [1.82, 2.24) is 9.78 Å². The number of hydrogen-bond donors (Lipinski definition) is 2. The van der Waals surface area contributed by atoms with Gasteiger partial charge in [0.15, 0.2) is 0 Å². The highest BCUT2D eigenvalue weighted by Crippen LogP contribution is 2.25. The first-order chi connectivity index (χ1) is 16.2. The van der Waals surface area contributed by atoms with Crippen molar-refractivity contribution in [3.05, 3.63) is 101 Å². The Morgan fingerprint density at radius 3 is 2.29 bits per heavy atom. The number of aryl methyl sites for hydroxylation is 3. The molecule has 0 aliphatic carbocycles. The Bertz CT molecular complexity index is 1480. The minimum absolute atomic E-state index is 0.0974. The summed E-state index contributed by atoms with van der Waals surface area (Å²) in [5, 5.41) is 7.35. The van der Waals surface area contributed by atoms with Crippen molar-refractivity contribution in [2.75, 3.05) is 10.0 Å². The molecule has 4 aromatic rings.